The highest BCUT2D eigenvalue weighted by Gasteiger charge is 2.63. The van der Waals surface area contributed by atoms with E-state index in [2.05, 4.69) is 25.8 Å². The van der Waals surface area contributed by atoms with Crippen LogP contribution in [0.5, 0.6) is 0 Å². The van der Waals surface area contributed by atoms with Gasteiger partial charge >= 0.3 is 0 Å². The maximum absolute atomic E-state index is 11.0. The van der Waals surface area contributed by atoms with Crippen molar-refractivity contribution in [3.05, 3.63) is 11.6 Å². The molecule has 4 rings (SSSR count). The van der Waals surface area contributed by atoms with Gasteiger partial charge in [0.25, 0.3) is 0 Å². The lowest BCUT2D eigenvalue weighted by atomic mass is 9.47. The van der Waals surface area contributed by atoms with E-state index >= 15 is 0 Å². The third kappa shape index (κ3) is 1.90. The van der Waals surface area contributed by atoms with Crippen LogP contribution in [0.2, 0.25) is 0 Å². The van der Waals surface area contributed by atoms with Crippen molar-refractivity contribution in [3.8, 4) is 12.3 Å². The summed E-state index contributed by atoms with van der Waals surface area (Å²) in [5, 5.41) is 21.0. The van der Waals surface area contributed by atoms with Crippen LogP contribution in [0.4, 0.5) is 0 Å². The molecule has 2 nitrogen and oxygen atoms in total. The van der Waals surface area contributed by atoms with E-state index in [1.54, 1.807) is 0 Å². The van der Waals surface area contributed by atoms with Crippen molar-refractivity contribution >= 4 is 0 Å². The van der Waals surface area contributed by atoms with E-state index in [0.29, 0.717) is 17.8 Å². The van der Waals surface area contributed by atoms with E-state index in [-0.39, 0.29) is 16.9 Å². The molecule has 0 aromatic heterocycles. The Bertz CT molecular complexity index is 587. The Morgan fingerprint density at radius 2 is 1.87 bits per heavy atom. The van der Waals surface area contributed by atoms with Crippen molar-refractivity contribution < 1.29 is 10.2 Å². The first-order valence-corrected chi connectivity index (χ1v) is 9.42. The summed E-state index contributed by atoms with van der Waals surface area (Å²) in [4.78, 5) is 0. The molecule has 0 aromatic carbocycles. The summed E-state index contributed by atoms with van der Waals surface area (Å²) in [6, 6.07) is 0. The predicted octanol–water partition coefficient (Wildman–Crippen LogP) is 3.67. The van der Waals surface area contributed by atoms with Gasteiger partial charge in [0.2, 0.25) is 0 Å². The van der Waals surface area contributed by atoms with Crippen LogP contribution >= 0.6 is 0 Å². The Labute approximate surface area is 140 Å². The first-order chi connectivity index (χ1) is 10.8. The fourth-order valence-corrected chi connectivity index (χ4v) is 6.89. The van der Waals surface area contributed by atoms with Gasteiger partial charge in [0.1, 0.15) is 5.60 Å². The molecule has 126 valence electrons. The average molecular weight is 314 g/mol. The Hall–Kier alpha value is -0.780. The molecule has 0 saturated heterocycles. The van der Waals surface area contributed by atoms with Crippen LogP contribution in [0.15, 0.2) is 11.6 Å². The van der Waals surface area contributed by atoms with Gasteiger partial charge in [-0.15, -0.1) is 6.42 Å². The molecule has 7 atom stereocenters. The number of aliphatic hydroxyl groups is 2. The van der Waals surface area contributed by atoms with E-state index in [0.717, 1.165) is 44.9 Å². The molecule has 0 aliphatic heterocycles. The molecule has 0 aromatic rings. The molecule has 4 aliphatic rings. The maximum Gasteiger partial charge on any atom is 0.130 e. The molecular formula is C21H30O2. The molecule has 0 amide bonds. The van der Waals surface area contributed by atoms with Crippen LogP contribution in [0.25, 0.3) is 0 Å². The van der Waals surface area contributed by atoms with E-state index in [4.69, 9.17) is 6.42 Å². The fourth-order valence-electron chi connectivity index (χ4n) is 6.89. The summed E-state index contributed by atoms with van der Waals surface area (Å²) in [6.45, 7) is 4.68. The largest absolute Gasteiger partial charge is 0.393 e. The van der Waals surface area contributed by atoms with Gasteiger partial charge in [0, 0.05) is 5.41 Å². The van der Waals surface area contributed by atoms with Crippen LogP contribution < -0.4 is 0 Å². The standard InChI is InChI=1S/C21H30O2/c1-4-21(23)12-9-18-16-6-5-14-13-15(22)7-10-19(14,2)17(16)8-11-20(18,21)3/h1,5,15-18,22-23H,6-13H2,2-3H3/t15-,16+,17-,18+,19-,20+,21-/m0/s1. The van der Waals surface area contributed by atoms with Crippen molar-refractivity contribution in [1.82, 2.24) is 0 Å². The summed E-state index contributed by atoms with van der Waals surface area (Å²) < 4.78 is 0. The number of allylic oxidation sites excluding steroid dienone is 1. The number of hydrogen-bond donors (Lipinski definition) is 2. The molecule has 0 unspecified atom stereocenters. The first-order valence-electron chi connectivity index (χ1n) is 9.42. The zero-order chi connectivity index (χ0) is 16.5. The summed E-state index contributed by atoms with van der Waals surface area (Å²) in [5.74, 6) is 4.65. The van der Waals surface area contributed by atoms with Gasteiger partial charge in [-0.2, -0.15) is 0 Å². The number of fused-ring (bicyclic) bond motifs is 5. The molecule has 0 radical (unpaired) electrons. The van der Waals surface area contributed by atoms with Crippen LogP contribution in [-0.2, 0) is 0 Å². The second-order valence-corrected chi connectivity index (χ2v) is 9.16. The molecule has 23 heavy (non-hydrogen) atoms. The second-order valence-electron chi connectivity index (χ2n) is 9.16. The molecule has 0 bridgehead atoms. The third-order valence-corrected chi connectivity index (χ3v) is 8.47. The first kappa shape index (κ1) is 15.7. The van der Waals surface area contributed by atoms with E-state index < -0.39 is 5.60 Å². The zero-order valence-corrected chi connectivity index (χ0v) is 14.5. The van der Waals surface area contributed by atoms with Gasteiger partial charge in [0.05, 0.1) is 6.10 Å². The Kier molecular flexibility index (Phi) is 3.33. The fraction of sp³-hybridized carbons (Fsp3) is 0.810. The lowest BCUT2D eigenvalue weighted by Crippen LogP contribution is -2.54. The van der Waals surface area contributed by atoms with Crippen molar-refractivity contribution in [2.45, 2.75) is 76.9 Å². The highest BCUT2D eigenvalue weighted by Crippen LogP contribution is 2.66. The second kappa shape index (κ2) is 4.87. The van der Waals surface area contributed by atoms with E-state index in [1.807, 2.05) is 0 Å². The molecule has 0 spiro atoms. The number of aliphatic hydroxyl groups excluding tert-OH is 1. The minimum Gasteiger partial charge on any atom is -0.393 e. The van der Waals surface area contributed by atoms with Crippen LogP contribution in [0.3, 0.4) is 0 Å². The van der Waals surface area contributed by atoms with Gasteiger partial charge in [-0.3, -0.25) is 0 Å². The smallest absolute Gasteiger partial charge is 0.130 e. The third-order valence-electron chi connectivity index (χ3n) is 8.47. The summed E-state index contributed by atoms with van der Waals surface area (Å²) in [6.07, 6.45) is 16.1. The van der Waals surface area contributed by atoms with Crippen LogP contribution in [-0.4, -0.2) is 21.9 Å². The molecular weight excluding hydrogens is 284 g/mol. The number of hydrogen-bond acceptors (Lipinski definition) is 2. The Morgan fingerprint density at radius 3 is 2.61 bits per heavy atom. The predicted molar refractivity (Wildman–Crippen MR) is 91.5 cm³/mol. The molecule has 2 heteroatoms. The summed E-state index contributed by atoms with van der Waals surface area (Å²) in [5.41, 5.74) is 0.751. The normalized spacial score (nSPS) is 55.2. The molecule has 2 N–H and O–H groups in total. The monoisotopic (exact) mass is 314 g/mol. The Morgan fingerprint density at radius 1 is 1.13 bits per heavy atom. The van der Waals surface area contributed by atoms with Crippen molar-refractivity contribution in [2.75, 3.05) is 0 Å². The van der Waals surface area contributed by atoms with Gasteiger partial charge < -0.3 is 10.2 Å². The maximum atomic E-state index is 11.0. The van der Waals surface area contributed by atoms with Gasteiger partial charge in [0.15, 0.2) is 0 Å². The van der Waals surface area contributed by atoms with E-state index in [1.165, 1.54) is 12.0 Å². The summed E-state index contributed by atoms with van der Waals surface area (Å²) >= 11 is 0. The van der Waals surface area contributed by atoms with Crippen LogP contribution in [0, 0.1) is 40.9 Å². The lowest BCUT2D eigenvalue weighted by Gasteiger charge is -2.58. The van der Waals surface area contributed by atoms with Crippen molar-refractivity contribution in [2.24, 2.45) is 28.6 Å². The molecule has 0 heterocycles. The number of terminal acetylenes is 1. The van der Waals surface area contributed by atoms with Gasteiger partial charge in [-0.25, -0.2) is 0 Å². The van der Waals surface area contributed by atoms with E-state index in [9.17, 15) is 10.2 Å². The Balaban J connectivity index is 1.69. The van der Waals surface area contributed by atoms with Crippen LogP contribution in [0.1, 0.15) is 65.2 Å². The van der Waals surface area contributed by atoms with Gasteiger partial charge in [-0.1, -0.05) is 31.4 Å². The topological polar surface area (TPSA) is 40.5 Å². The molecule has 3 saturated carbocycles. The highest BCUT2D eigenvalue weighted by molar-refractivity contribution is 5.28. The quantitative estimate of drug-likeness (QED) is 0.529. The number of rotatable bonds is 0. The lowest BCUT2D eigenvalue weighted by molar-refractivity contribution is -0.0969. The minimum atomic E-state index is -0.906. The molecule has 3 fully saturated rings. The minimum absolute atomic E-state index is 0.112. The van der Waals surface area contributed by atoms with Crippen molar-refractivity contribution in [1.29, 1.82) is 0 Å². The SMILES string of the molecule is C#C[C@]1(O)CC[C@@H]2[C@@H]3CC=C4C[C@@H](O)CC[C@]4(C)[C@H]3CC[C@]21C. The zero-order valence-electron chi connectivity index (χ0n) is 14.5. The van der Waals surface area contributed by atoms with Gasteiger partial charge in [-0.05, 0) is 74.5 Å². The highest BCUT2D eigenvalue weighted by atomic mass is 16.3. The summed E-state index contributed by atoms with van der Waals surface area (Å²) in [7, 11) is 0. The average Bonchev–Trinajstić information content (AvgIpc) is 2.80. The van der Waals surface area contributed by atoms with Crippen molar-refractivity contribution in [3.63, 3.8) is 0 Å². The molecule has 4 aliphatic carbocycles.